The number of rotatable bonds is 41. The number of unbranched alkanes of at least 4 members (excludes halogenated alkanes) is 26. The molecule has 0 aromatic heterocycles. The molecule has 6 heteroatoms. The molecule has 0 saturated heterocycles. The van der Waals surface area contributed by atoms with E-state index in [-0.39, 0.29) is 31.1 Å². The molecular formula is C47H86O6. The highest BCUT2D eigenvalue weighted by atomic mass is 16.6. The average Bonchev–Trinajstić information content (AvgIpc) is 3.15. The number of hydrogen-bond acceptors (Lipinski definition) is 6. The van der Waals surface area contributed by atoms with Gasteiger partial charge < -0.3 is 14.2 Å². The van der Waals surface area contributed by atoms with Gasteiger partial charge in [-0.3, -0.25) is 14.4 Å². The highest BCUT2D eigenvalue weighted by Gasteiger charge is 2.19. The Morgan fingerprint density at radius 3 is 1.04 bits per heavy atom. The molecule has 0 aliphatic carbocycles. The van der Waals surface area contributed by atoms with Crippen molar-refractivity contribution in [2.24, 2.45) is 0 Å². The molecule has 0 aliphatic rings. The highest BCUT2D eigenvalue weighted by molar-refractivity contribution is 5.71. The first-order valence-electron chi connectivity index (χ1n) is 22.8. The normalized spacial score (nSPS) is 12.1. The fourth-order valence-electron chi connectivity index (χ4n) is 6.47. The SMILES string of the molecule is CCCCCCC/C=C\C/C=C\CCCCCCCCCCCC(=O)OCC(COC(=O)CCCCCCCCC)OC(=O)CCCCCCCCC. The van der Waals surface area contributed by atoms with Gasteiger partial charge in [0.05, 0.1) is 0 Å². The van der Waals surface area contributed by atoms with Gasteiger partial charge in [0, 0.05) is 19.3 Å². The van der Waals surface area contributed by atoms with Crippen molar-refractivity contribution in [3.63, 3.8) is 0 Å². The number of carbonyl (C=O) groups is 3. The maximum atomic E-state index is 12.6. The second kappa shape index (κ2) is 42.6. The van der Waals surface area contributed by atoms with Gasteiger partial charge in [-0.1, -0.05) is 193 Å². The van der Waals surface area contributed by atoms with Crippen LogP contribution in [0.3, 0.4) is 0 Å². The van der Waals surface area contributed by atoms with Crippen LogP contribution < -0.4 is 0 Å². The second-order valence-corrected chi connectivity index (χ2v) is 15.3. The molecule has 0 radical (unpaired) electrons. The monoisotopic (exact) mass is 747 g/mol. The van der Waals surface area contributed by atoms with E-state index in [2.05, 4.69) is 45.1 Å². The molecule has 0 aromatic carbocycles. The molecular weight excluding hydrogens is 661 g/mol. The van der Waals surface area contributed by atoms with E-state index < -0.39 is 6.10 Å². The van der Waals surface area contributed by atoms with Crippen LogP contribution in [0.25, 0.3) is 0 Å². The van der Waals surface area contributed by atoms with Gasteiger partial charge >= 0.3 is 17.9 Å². The maximum absolute atomic E-state index is 12.6. The van der Waals surface area contributed by atoms with Gasteiger partial charge in [-0.15, -0.1) is 0 Å². The van der Waals surface area contributed by atoms with E-state index in [1.54, 1.807) is 0 Å². The minimum atomic E-state index is -0.762. The summed E-state index contributed by atoms with van der Waals surface area (Å²) in [5.74, 6) is -0.885. The van der Waals surface area contributed by atoms with Crippen LogP contribution >= 0.6 is 0 Å². The first kappa shape index (κ1) is 50.9. The lowest BCUT2D eigenvalue weighted by Gasteiger charge is -2.18. The van der Waals surface area contributed by atoms with Crippen LogP contribution in [0.5, 0.6) is 0 Å². The molecule has 0 heterocycles. The van der Waals surface area contributed by atoms with E-state index in [0.717, 1.165) is 64.2 Å². The number of allylic oxidation sites excluding steroid dienone is 4. The zero-order valence-corrected chi connectivity index (χ0v) is 35.3. The second-order valence-electron chi connectivity index (χ2n) is 15.3. The lowest BCUT2D eigenvalue weighted by molar-refractivity contribution is -0.167. The standard InChI is InChI=1S/C47H86O6/c1-4-7-10-13-16-17-18-19-20-21-22-23-24-25-26-27-28-29-32-34-37-40-46(49)52-43-44(53-47(50)41-38-35-31-15-12-9-6-3)42-51-45(48)39-36-33-30-14-11-8-5-2/h18-19,21-22,44H,4-17,20,23-43H2,1-3H3/b19-18-,22-21-. The van der Waals surface area contributed by atoms with Crippen LogP contribution in [0.4, 0.5) is 0 Å². The van der Waals surface area contributed by atoms with Crippen molar-refractivity contribution < 1.29 is 28.6 Å². The molecule has 0 bridgehead atoms. The first-order chi connectivity index (χ1) is 26.0. The molecule has 0 N–H and O–H groups in total. The molecule has 0 spiro atoms. The van der Waals surface area contributed by atoms with Crippen molar-refractivity contribution in [1.82, 2.24) is 0 Å². The van der Waals surface area contributed by atoms with Gasteiger partial charge in [-0.2, -0.15) is 0 Å². The van der Waals surface area contributed by atoms with Gasteiger partial charge in [0.15, 0.2) is 6.10 Å². The van der Waals surface area contributed by atoms with E-state index in [9.17, 15) is 14.4 Å². The predicted molar refractivity (Wildman–Crippen MR) is 224 cm³/mol. The smallest absolute Gasteiger partial charge is 0.306 e. The summed E-state index contributed by atoms with van der Waals surface area (Å²) in [5.41, 5.74) is 0. The maximum Gasteiger partial charge on any atom is 0.306 e. The Labute approximate surface area is 328 Å². The van der Waals surface area contributed by atoms with Crippen molar-refractivity contribution in [3.05, 3.63) is 24.3 Å². The van der Waals surface area contributed by atoms with Crippen molar-refractivity contribution >= 4 is 17.9 Å². The Hall–Kier alpha value is -2.11. The third-order valence-electron chi connectivity index (χ3n) is 9.96. The third kappa shape index (κ3) is 40.9. The number of carbonyl (C=O) groups excluding carboxylic acids is 3. The average molecular weight is 747 g/mol. The summed E-state index contributed by atoms with van der Waals surface area (Å²) in [6.45, 7) is 6.54. The number of hydrogen-bond donors (Lipinski definition) is 0. The van der Waals surface area contributed by atoms with Crippen LogP contribution in [-0.2, 0) is 28.6 Å². The fraction of sp³-hybridized carbons (Fsp3) is 0.851. The minimum Gasteiger partial charge on any atom is -0.462 e. The van der Waals surface area contributed by atoms with Crippen LogP contribution in [-0.4, -0.2) is 37.2 Å². The van der Waals surface area contributed by atoms with E-state index in [4.69, 9.17) is 14.2 Å². The molecule has 0 aromatic rings. The van der Waals surface area contributed by atoms with Crippen molar-refractivity contribution in [3.8, 4) is 0 Å². The molecule has 0 rings (SSSR count). The molecule has 310 valence electrons. The highest BCUT2D eigenvalue weighted by Crippen LogP contribution is 2.14. The van der Waals surface area contributed by atoms with E-state index in [0.29, 0.717) is 19.3 Å². The summed E-state index contributed by atoms with van der Waals surface area (Å²) < 4.78 is 16.6. The number of esters is 3. The Morgan fingerprint density at radius 2 is 0.679 bits per heavy atom. The van der Waals surface area contributed by atoms with Crippen LogP contribution in [0.15, 0.2) is 24.3 Å². The Kier molecular flexibility index (Phi) is 40.9. The van der Waals surface area contributed by atoms with E-state index in [1.807, 2.05) is 0 Å². The zero-order chi connectivity index (χ0) is 38.7. The molecule has 53 heavy (non-hydrogen) atoms. The lowest BCUT2D eigenvalue weighted by atomic mass is 10.1. The number of ether oxygens (including phenoxy) is 3. The molecule has 0 saturated carbocycles. The van der Waals surface area contributed by atoms with E-state index >= 15 is 0 Å². The predicted octanol–water partition coefficient (Wildman–Crippen LogP) is 14.4. The summed E-state index contributed by atoms with van der Waals surface area (Å²) in [7, 11) is 0. The third-order valence-corrected chi connectivity index (χ3v) is 9.96. The Bertz CT molecular complexity index is 865. The minimum absolute atomic E-state index is 0.0704. The van der Waals surface area contributed by atoms with Crippen molar-refractivity contribution in [2.45, 2.75) is 245 Å². The molecule has 1 unspecified atom stereocenters. The first-order valence-corrected chi connectivity index (χ1v) is 22.8. The topological polar surface area (TPSA) is 78.9 Å². The van der Waals surface area contributed by atoms with Crippen molar-refractivity contribution in [2.75, 3.05) is 13.2 Å². The molecule has 0 aliphatic heterocycles. The molecule has 0 fully saturated rings. The zero-order valence-electron chi connectivity index (χ0n) is 35.3. The lowest BCUT2D eigenvalue weighted by Crippen LogP contribution is -2.30. The largest absolute Gasteiger partial charge is 0.462 e. The van der Waals surface area contributed by atoms with Gasteiger partial charge in [0.1, 0.15) is 13.2 Å². The quantitative estimate of drug-likeness (QED) is 0.0268. The summed E-state index contributed by atoms with van der Waals surface area (Å²) in [4.78, 5) is 37.4. The van der Waals surface area contributed by atoms with Crippen LogP contribution in [0, 0.1) is 0 Å². The summed E-state index contributed by atoms with van der Waals surface area (Å²) in [6.07, 6.45) is 46.2. The molecule has 1 atom stereocenters. The summed E-state index contributed by atoms with van der Waals surface area (Å²) in [6, 6.07) is 0. The Morgan fingerprint density at radius 1 is 0.377 bits per heavy atom. The fourth-order valence-corrected chi connectivity index (χ4v) is 6.47. The van der Waals surface area contributed by atoms with E-state index in [1.165, 1.54) is 135 Å². The Balaban J connectivity index is 4.10. The van der Waals surface area contributed by atoms with Crippen molar-refractivity contribution in [1.29, 1.82) is 0 Å². The van der Waals surface area contributed by atoms with Crippen LogP contribution in [0.1, 0.15) is 239 Å². The van der Waals surface area contributed by atoms with Gasteiger partial charge in [-0.25, -0.2) is 0 Å². The molecule has 6 nitrogen and oxygen atoms in total. The van der Waals surface area contributed by atoms with Gasteiger partial charge in [0.2, 0.25) is 0 Å². The van der Waals surface area contributed by atoms with Crippen LogP contribution in [0.2, 0.25) is 0 Å². The van der Waals surface area contributed by atoms with Gasteiger partial charge in [-0.05, 0) is 51.4 Å². The molecule has 0 amide bonds. The summed E-state index contributed by atoms with van der Waals surface area (Å²) >= 11 is 0. The summed E-state index contributed by atoms with van der Waals surface area (Å²) in [5, 5.41) is 0. The van der Waals surface area contributed by atoms with Gasteiger partial charge in [0.25, 0.3) is 0 Å².